The molecule has 1 heterocycles. The standard InChI is InChI=1S/C13H12N2O/c1-9(16)13-11(14)7-8-12(15-13)10-5-3-2-4-6-10/h2-8H,14H2,1H3. The maximum Gasteiger partial charge on any atom is 0.180 e. The lowest BCUT2D eigenvalue weighted by molar-refractivity contribution is 0.101. The van der Waals surface area contributed by atoms with E-state index in [0.29, 0.717) is 11.4 Å². The number of rotatable bonds is 2. The molecule has 3 heteroatoms. The van der Waals surface area contributed by atoms with Gasteiger partial charge in [0.1, 0.15) is 5.69 Å². The molecule has 0 unspecified atom stereocenters. The normalized spacial score (nSPS) is 10.1. The average molecular weight is 212 g/mol. The van der Waals surface area contributed by atoms with Crippen LogP contribution in [0.5, 0.6) is 0 Å². The van der Waals surface area contributed by atoms with E-state index >= 15 is 0 Å². The molecule has 0 fully saturated rings. The van der Waals surface area contributed by atoms with Crippen molar-refractivity contribution in [2.75, 3.05) is 5.73 Å². The maximum absolute atomic E-state index is 11.3. The van der Waals surface area contributed by atoms with Gasteiger partial charge in [0, 0.05) is 12.5 Å². The van der Waals surface area contributed by atoms with E-state index in [2.05, 4.69) is 4.98 Å². The fourth-order valence-electron chi connectivity index (χ4n) is 1.52. The van der Waals surface area contributed by atoms with Crippen molar-refractivity contribution in [1.29, 1.82) is 0 Å². The van der Waals surface area contributed by atoms with Gasteiger partial charge in [-0.15, -0.1) is 0 Å². The van der Waals surface area contributed by atoms with Gasteiger partial charge >= 0.3 is 0 Å². The highest BCUT2D eigenvalue weighted by atomic mass is 16.1. The number of nitrogens with two attached hydrogens (primary N) is 1. The van der Waals surface area contributed by atoms with Gasteiger partial charge < -0.3 is 5.73 Å². The molecule has 0 radical (unpaired) electrons. The molecule has 0 aliphatic heterocycles. The number of anilines is 1. The van der Waals surface area contributed by atoms with Crippen LogP contribution in [0.1, 0.15) is 17.4 Å². The van der Waals surface area contributed by atoms with Crippen molar-refractivity contribution < 1.29 is 4.79 Å². The van der Waals surface area contributed by atoms with E-state index in [-0.39, 0.29) is 5.78 Å². The average Bonchev–Trinajstić information content (AvgIpc) is 2.30. The van der Waals surface area contributed by atoms with Gasteiger partial charge in [0.05, 0.1) is 11.4 Å². The molecule has 2 aromatic rings. The van der Waals surface area contributed by atoms with E-state index in [1.54, 1.807) is 6.07 Å². The molecule has 1 aromatic carbocycles. The van der Waals surface area contributed by atoms with E-state index in [9.17, 15) is 4.79 Å². The number of nitrogen functional groups attached to an aromatic ring is 1. The van der Waals surface area contributed by atoms with Crippen LogP contribution in [0.3, 0.4) is 0 Å². The minimum atomic E-state index is -0.115. The molecule has 0 atom stereocenters. The van der Waals surface area contributed by atoms with Crippen molar-refractivity contribution in [3.05, 3.63) is 48.2 Å². The Kier molecular flexibility index (Phi) is 2.68. The van der Waals surface area contributed by atoms with E-state index in [1.165, 1.54) is 6.92 Å². The summed E-state index contributed by atoms with van der Waals surface area (Å²) < 4.78 is 0. The molecular weight excluding hydrogens is 200 g/mol. The monoisotopic (exact) mass is 212 g/mol. The molecule has 16 heavy (non-hydrogen) atoms. The van der Waals surface area contributed by atoms with Gasteiger partial charge in [-0.25, -0.2) is 4.98 Å². The van der Waals surface area contributed by atoms with E-state index in [4.69, 9.17) is 5.73 Å². The Morgan fingerprint density at radius 2 is 1.81 bits per heavy atom. The molecular formula is C13H12N2O. The third kappa shape index (κ3) is 1.93. The first-order chi connectivity index (χ1) is 7.68. The minimum absolute atomic E-state index is 0.115. The molecule has 0 aliphatic carbocycles. The summed E-state index contributed by atoms with van der Waals surface area (Å²) in [4.78, 5) is 15.6. The van der Waals surface area contributed by atoms with Crippen molar-refractivity contribution in [1.82, 2.24) is 4.98 Å². The number of benzene rings is 1. The van der Waals surface area contributed by atoms with Crippen LogP contribution in [0.4, 0.5) is 5.69 Å². The van der Waals surface area contributed by atoms with E-state index < -0.39 is 0 Å². The lowest BCUT2D eigenvalue weighted by atomic mass is 10.1. The second kappa shape index (κ2) is 4.14. The minimum Gasteiger partial charge on any atom is -0.397 e. The molecule has 3 nitrogen and oxygen atoms in total. The molecule has 1 aromatic heterocycles. The second-order valence-electron chi connectivity index (χ2n) is 3.56. The maximum atomic E-state index is 11.3. The Labute approximate surface area is 93.9 Å². The molecule has 0 saturated carbocycles. The highest BCUT2D eigenvalue weighted by Gasteiger charge is 2.08. The third-order valence-electron chi connectivity index (χ3n) is 2.33. The number of nitrogens with zero attached hydrogens (tertiary/aromatic N) is 1. The Bertz CT molecular complexity index is 521. The first-order valence-electron chi connectivity index (χ1n) is 5.01. The third-order valence-corrected chi connectivity index (χ3v) is 2.33. The van der Waals surface area contributed by atoms with Crippen molar-refractivity contribution >= 4 is 11.5 Å². The van der Waals surface area contributed by atoms with Crippen LogP contribution in [-0.4, -0.2) is 10.8 Å². The number of hydrogen-bond donors (Lipinski definition) is 1. The number of aromatic nitrogens is 1. The van der Waals surface area contributed by atoms with E-state index in [0.717, 1.165) is 11.3 Å². The Morgan fingerprint density at radius 1 is 1.12 bits per heavy atom. The molecule has 2 N–H and O–H groups in total. The fraction of sp³-hybridized carbons (Fsp3) is 0.0769. The molecule has 2 rings (SSSR count). The quantitative estimate of drug-likeness (QED) is 0.778. The molecule has 0 amide bonds. The molecule has 80 valence electrons. The summed E-state index contributed by atoms with van der Waals surface area (Å²) >= 11 is 0. The zero-order valence-electron chi connectivity index (χ0n) is 8.97. The van der Waals surface area contributed by atoms with Crippen LogP contribution >= 0.6 is 0 Å². The Hall–Kier alpha value is -2.16. The summed E-state index contributed by atoms with van der Waals surface area (Å²) in [6.07, 6.45) is 0. The van der Waals surface area contributed by atoms with Crippen molar-refractivity contribution in [3.63, 3.8) is 0 Å². The zero-order valence-corrected chi connectivity index (χ0v) is 8.97. The largest absolute Gasteiger partial charge is 0.397 e. The lowest BCUT2D eigenvalue weighted by Gasteiger charge is -2.05. The summed E-state index contributed by atoms with van der Waals surface area (Å²) in [5.41, 5.74) is 8.18. The smallest absolute Gasteiger partial charge is 0.180 e. The number of hydrogen-bond acceptors (Lipinski definition) is 3. The number of carbonyl (C=O) groups is 1. The predicted molar refractivity (Wildman–Crippen MR) is 64.1 cm³/mol. The van der Waals surface area contributed by atoms with Gasteiger partial charge in [-0.2, -0.15) is 0 Å². The van der Waals surface area contributed by atoms with Gasteiger partial charge in [-0.05, 0) is 12.1 Å². The summed E-state index contributed by atoms with van der Waals surface area (Å²) in [6.45, 7) is 1.47. The Morgan fingerprint density at radius 3 is 2.44 bits per heavy atom. The summed E-state index contributed by atoms with van der Waals surface area (Å²) in [7, 11) is 0. The van der Waals surface area contributed by atoms with Gasteiger partial charge in [0.25, 0.3) is 0 Å². The molecule has 0 saturated heterocycles. The summed E-state index contributed by atoms with van der Waals surface area (Å²) in [5, 5.41) is 0. The van der Waals surface area contributed by atoms with Crippen LogP contribution in [0.2, 0.25) is 0 Å². The summed E-state index contributed by atoms with van der Waals surface area (Å²) in [6, 6.07) is 13.2. The van der Waals surface area contributed by atoms with Crippen molar-refractivity contribution in [3.8, 4) is 11.3 Å². The van der Waals surface area contributed by atoms with Gasteiger partial charge in [-0.3, -0.25) is 4.79 Å². The highest BCUT2D eigenvalue weighted by molar-refractivity contribution is 5.97. The van der Waals surface area contributed by atoms with Crippen LogP contribution in [0.15, 0.2) is 42.5 Å². The number of ketones is 1. The van der Waals surface area contributed by atoms with Crippen molar-refractivity contribution in [2.24, 2.45) is 0 Å². The molecule has 0 bridgehead atoms. The Balaban J connectivity index is 2.52. The van der Waals surface area contributed by atoms with Crippen LogP contribution in [0, 0.1) is 0 Å². The number of carbonyl (C=O) groups excluding carboxylic acids is 1. The SMILES string of the molecule is CC(=O)c1nc(-c2ccccc2)ccc1N. The predicted octanol–water partition coefficient (Wildman–Crippen LogP) is 2.53. The zero-order chi connectivity index (χ0) is 11.5. The van der Waals surface area contributed by atoms with Crippen molar-refractivity contribution in [2.45, 2.75) is 6.92 Å². The number of pyridine rings is 1. The van der Waals surface area contributed by atoms with Gasteiger partial charge in [0.15, 0.2) is 5.78 Å². The number of Topliss-reactive ketones (excluding diaryl/α,β-unsaturated/α-hetero) is 1. The lowest BCUT2D eigenvalue weighted by Crippen LogP contribution is -2.03. The highest BCUT2D eigenvalue weighted by Crippen LogP contribution is 2.19. The molecule has 0 spiro atoms. The fourth-order valence-corrected chi connectivity index (χ4v) is 1.52. The van der Waals surface area contributed by atoms with Crippen LogP contribution in [-0.2, 0) is 0 Å². The van der Waals surface area contributed by atoms with Crippen LogP contribution < -0.4 is 5.73 Å². The summed E-state index contributed by atoms with van der Waals surface area (Å²) in [5.74, 6) is -0.115. The first-order valence-corrected chi connectivity index (χ1v) is 5.01. The molecule has 0 aliphatic rings. The first kappa shape index (κ1) is 10.4. The van der Waals surface area contributed by atoms with Crippen LogP contribution in [0.25, 0.3) is 11.3 Å². The second-order valence-corrected chi connectivity index (χ2v) is 3.56. The topological polar surface area (TPSA) is 56.0 Å². The van der Waals surface area contributed by atoms with Gasteiger partial charge in [0.2, 0.25) is 0 Å². The van der Waals surface area contributed by atoms with E-state index in [1.807, 2.05) is 36.4 Å². The van der Waals surface area contributed by atoms with Gasteiger partial charge in [-0.1, -0.05) is 30.3 Å².